The van der Waals surface area contributed by atoms with Crippen LogP contribution in [0.5, 0.6) is 0 Å². The number of hydrogen-bond donors (Lipinski definition) is 0. The molecule has 3 rings (SSSR count). The smallest absolute Gasteiger partial charge is 0.134 e. The minimum Gasteiger partial charge on any atom is -0.367 e. The van der Waals surface area contributed by atoms with Crippen LogP contribution in [0.25, 0.3) is 11.6 Å². The number of rotatable bonds is 6. The molecule has 0 N–H and O–H groups in total. The zero-order chi connectivity index (χ0) is 18.4. The van der Waals surface area contributed by atoms with E-state index in [9.17, 15) is 5.26 Å². The molecule has 0 saturated heterocycles. The molecule has 130 valence electrons. The number of thiazole rings is 1. The Bertz CT molecular complexity index is 918. The molecule has 0 saturated carbocycles. The van der Waals surface area contributed by atoms with Crippen LogP contribution in [-0.2, 0) is 6.54 Å². The molecule has 0 unspecified atom stereocenters. The third-order valence-corrected chi connectivity index (χ3v) is 5.13. The van der Waals surface area contributed by atoms with Crippen LogP contribution in [0.4, 0.5) is 5.69 Å². The van der Waals surface area contributed by atoms with Crippen molar-refractivity contribution in [2.24, 2.45) is 0 Å². The zero-order valence-electron chi connectivity index (χ0n) is 15.0. The number of aromatic nitrogens is 1. The second kappa shape index (κ2) is 8.46. The highest BCUT2D eigenvalue weighted by Crippen LogP contribution is 2.23. The number of benzene rings is 2. The number of allylic oxidation sites excluding steroid dienone is 1. The lowest BCUT2D eigenvalue weighted by atomic mass is 10.1. The van der Waals surface area contributed by atoms with Crippen molar-refractivity contribution in [1.29, 1.82) is 5.26 Å². The van der Waals surface area contributed by atoms with E-state index in [4.69, 9.17) is 0 Å². The normalized spacial score (nSPS) is 11.2. The largest absolute Gasteiger partial charge is 0.367 e. The molecule has 0 bridgehead atoms. The zero-order valence-corrected chi connectivity index (χ0v) is 15.8. The lowest BCUT2D eigenvalue weighted by Crippen LogP contribution is -2.21. The van der Waals surface area contributed by atoms with Gasteiger partial charge in [-0.2, -0.15) is 5.26 Å². The number of nitriles is 1. The molecule has 0 fully saturated rings. The monoisotopic (exact) mass is 359 g/mol. The molecule has 0 spiro atoms. The Balaban J connectivity index is 1.79. The predicted octanol–water partition coefficient (Wildman–Crippen LogP) is 5.54. The number of anilines is 1. The van der Waals surface area contributed by atoms with Crippen LogP contribution in [-0.4, -0.2) is 11.5 Å². The number of nitrogens with zero attached hydrogens (tertiary/aromatic N) is 3. The SMILES string of the molecule is CCN(Cc1ccccc1)c1ccc(/C=C(/C#N)c2nc(C)cs2)cc1. The summed E-state index contributed by atoms with van der Waals surface area (Å²) in [5, 5.41) is 12.2. The Kier molecular flexibility index (Phi) is 5.83. The van der Waals surface area contributed by atoms with E-state index < -0.39 is 0 Å². The summed E-state index contributed by atoms with van der Waals surface area (Å²) in [5.74, 6) is 0. The van der Waals surface area contributed by atoms with Crippen LogP contribution >= 0.6 is 11.3 Å². The van der Waals surface area contributed by atoms with Gasteiger partial charge in [0.05, 0.1) is 5.57 Å². The van der Waals surface area contributed by atoms with Gasteiger partial charge in [-0.25, -0.2) is 4.98 Å². The van der Waals surface area contributed by atoms with E-state index in [-0.39, 0.29) is 0 Å². The summed E-state index contributed by atoms with van der Waals surface area (Å²) < 4.78 is 0. The molecule has 1 aromatic heterocycles. The Labute approximate surface area is 158 Å². The second-order valence-corrected chi connectivity index (χ2v) is 6.91. The average Bonchev–Trinajstić information content (AvgIpc) is 3.12. The van der Waals surface area contributed by atoms with E-state index in [0.29, 0.717) is 5.57 Å². The Morgan fingerprint density at radius 1 is 1.15 bits per heavy atom. The van der Waals surface area contributed by atoms with Crippen LogP contribution in [0.15, 0.2) is 60.0 Å². The van der Waals surface area contributed by atoms with Crippen molar-refractivity contribution in [2.75, 3.05) is 11.4 Å². The van der Waals surface area contributed by atoms with Crippen molar-refractivity contribution < 1.29 is 0 Å². The minimum atomic E-state index is 0.604. The molecule has 0 aliphatic carbocycles. The molecule has 0 amide bonds. The minimum absolute atomic E-state index is 0.604. The summed E-state index contributed by atoms with van der Waals surface area (Å²) >= 11 is 1.50. The Morgan fingerprint density at radius 3 is 2.46 bits per heavy atom. The summed E-state index contributed by atoms with van der Waals surface area (Å²) in [6, 6.07) is 21.1. The molecule has 0 aliphatic heterocycles. The van der Waals surface area contributed by atoms with Crippen LogP contribution in [0.3, 0.4) is 0 Å². The first-order valence-electron chi connectivity index (χ1n) is 8.63. The van der Waals surface area contributed by atoms with E-state index in [0.717, 1.165) is 29.4 Å². The highest BCUT2D eigenvalue weighted by atomic mass is 32.1. The first-order valence-corrected chi connectivity index (χ1v) is 9.51. The van der Waals surface area contributed by atoms with Gasteiger partial charge in [0, 0.05) is 29.9 Å². The molecule has 0 radical (unpaired) electrons. The van der Waals surface area contributed by atoms with Crippen molar-refractivity contribution in [3.63, 3.8) is 0 Å². The quantitative estimate of drug-likeness (QED) is 0.542. The van der Waals surface area contributed by atoms with Gasteiger partial charge in [-0.15, -0.1) is 11.3 Å². The first-order chi connectivity index (χ1) is 12.7. The fourth-order valence-corrected chi connectivity index (χ4v) is 3.52. The summed E-state index contributed by atoms with van der Waals surface area (Å²) in [5.41, 5.74) is 5.03. The third-order valence-electron chi connectivity index (χ3n) is 4.14. The van der Waals surface area contributed by atoms with Crippen LogP contribution in [0, 0.1) is 18.3 Å². The van der Waals surface area contributed by atoms with Crippen molar-refractivity contribution in [1.82, 2.24) is 4.98 Å². The van der Waals surface area contributed by atoms with Gasteiger partial charge < -0.3 is 4.90 Å². The van der Waals surface area contributed by atoms with Crippen molar-refractivity contribution in [3.05, 3.63) is 81.8 Å². The summed E-state index contributed by atoms with van der Waals surface area (Å²) in [7, 11) is 0. The van der Waals surface area contributed by atoms with Crippen molar-refractivity contribution >= 4 is 28.7 Å². The Morgan fingerprint density at radius 2 is 1.88 bits per heavy atom. The second-order valence-electron chi connectivity index (χ2n) is 6.06. The van der Waals surface area contributed by atoms with E-state index in [1.54, 1.807) is 0 Å². The molecule has 3 nitrogen and oxygen atoms in total. The van der Waals surface area contributed by atoms with Gasteiger partial charge in [-0.05, 0) is 43.2 Å². The number of hydrogen-bond acceptors (Lipinski definition) is 4. The lowest BCUT2D eigenvalue weighted by Gasteiger charge is -2.23. The van der Waals surface area contributed by atoms with E-state index >= 15 is 0 Å². The van der Waals surface area contributed by atoms with E-state index in [1.165, 1.54) is 22.6 Å². The maximum atomic E-state index is 9.44. The molecule has 0 atom stereocenters. The van der Waals surface area contributed by atoms with Gasteiger partial charge in [0.1, 0.15) is 11.1 Å². The van der Waals surface area contributed by atoms with Crippen molar-refractivity contribution in [3.8, 4) is 6.07 Å². The van der Waals surface area contributed by atoms with Gasteiger partial charge in [0.15, 0.2) is 0 Å². The fraction of sp³-hybridized carbons (Fsp3) is 0.182. The maximum Gasteiger partial charge on any atom is 0.134 e. The highest BCUT2D eigenvalue weighted by molar-refractivity contribution is 7.11. The maximum absolute atomic E-state index is 9.44. The third kappa shape index (κ3) is 4.38. The molecule has 26 heavy (non-hydrogen) atoms. The molecule has 2 aromatic carbocycles. The highest BCUT2D eigenvalue weighted by Gasteiger charge is 2.07. The Hall–Kier alpha value is -2.90. The predicted molar refractivity (Wildman–Crippen MR) is 110 cm³/mol. The van der Waals surface area contributed by atoms with Gasteiger partial charge in [-0.3, -0.25) is 0 Å². The van der Waals surface area contributed by atoms with E-state index in [2.05, 4.69) is 71.4 Å². The van der Waals surface area contributed by atoms with Crippen LogP contribution < -0.4 is 4.90 Å². The van der Waals surface area contributed by atoms with Gasteiger partial charge in [-0.1, -0.05) is 42.5 Å². The molecular formula is C22H21N3S. The summed E-state index contributed by atoms with van der Waals surface area (Å²) in [6.07, 6.45) is 1.90. The topological polar surface area (TPSA) is 39.9 Å². The standard InChI is InChI=1S/C22H21N3S/c1-3-25(15-19-7-5-4-6-8-19)21-11-9-18(10-12-21)13-20(14-23)22-24-17(2)16-26-22/h4-13,16H,3,15H2,1-2H3/b20-13-. The molecular weight excluding hydrogens is 338 g/mol. The molecule has 0 aliphatic rings. The molecule has 4 heteroatoms. The van der Waals surface area contributed by atoms with Gasteiger partial charge >= 0.3 is 0 Å². The summed E-state index contributed by atoms with van der Waals surface area (Å²) in [6.45, 7) is 5.92. The van der Waals surface area contributed by atoms with E-state index in [1.807, 2.05) is 24.4 Å². The van der Waals surface area contributed by atoms with Crippen LogP contribution in [0.2, 0.25) is 0 Å². The first kappa shape index (κ1) is 17.9. The number of aryl methyl sites for hydroxylation is 1. The molecule has 3 aromatic rings. The average molecular weight is 359 g/mol. The summed E-state index contributed by atoms with van der Waals surface area (Å²) in [4.78, 5) is 6.73. The van der Waals surface area contributed by atoms with Crippen LogP contribution in [0.1, 0.15) is 28.8 Å². The fourth-order valence-electron chi connectivity index (χ4n) is 2.76. The molecule has 1 heterocycles. The lowest BCUT2D eigenvalue weighted by molar-refractivity contribution is 0.832. The van der Waals surface area contributed by atoms with Gasteiger partial charge in [0.25, 0.3) is 0 Å². The van der Waals surface area contributed by atoms with Crippen molar-refractivity contribution in [2.45, 2.75) is 20.4 Å². The van der Waals surface area contributed by atoms with Gasteiger partial charge in [0.2, 0.25) is 0 Å².